The van der Waals surface area contributed by atoms with Crippen molar-refractivity contribution in [2.45, 2.75) is 112 Å². The second kappa shape index (κ2) is 12.8. The van der Waals surface area contributed by atoms with Gasteiger partial charge in [-0.15, -0.1) is 0 Å². The average Bonchev–Trinajstić information content (AvgIpc) is 2.52. The summed E-state index contributed by atoms with van der Waals surface area (Å²) in [4.78, 5) is 11.6. The molecule has 0 spiro atoms. The lowest BCUT2D eigenvalue weighted by Gasteiger charge is -2.38. The maximum atomic E-state index is 11.6. The number of unbranched alkanes of at least 4 members (excludes halogenated alkanes) is 2. The maximum Gasteiger partial charge on any atom is 0.217 e. The average molecular weight is 340 g/mol. The van der Waals surface area contributed by atoms with Gasteiger partial charge in [-0.05, 0) is 36.0 Å². The number of rotatable bonds is 15. The predicted molar refractivity (Wildman–Crippen MR) is 107 cm³/mol. The summed E-state index contributed by atoms with van der Waals surface area (Å²) in [6.07, 6.45) is 13.4. The van der Waals surface area contributed by atoms with Crippen LogP contribution in [0.15, 0.2) is 0 Å². The molecule has 0 saturated carbocycles. The third kappa shape index (κ3) is 9.69. The molecular weight excluding hydrogens is 294 g/mol. The van der Waals surface area contributed by atoms with Gasteiger partial charge < -0.3 is 5.73 Å². The van der Waals surface area contributed by atoms with E-state index < -0.39 is 0 Å². The summed E-state index contributed by atoms with van der Waals surface area (Å²) in [5.41, 5.74) is 5.58. The molecule has 24 heavy (non-hydrogen) atoms. The second-order valence-corrected chi connectivity index (χ2v) is 8.63. The highest BCUT2D eigenvalue weighted by atomic mass is 16.1. The summed E-state index contributed by atoms with van der Waals surface area (Å²) >= 11 is 0. The first-order chi connectivity index (χ1) is 11.3. The van der Waals surface area contributed by atoms with Gasteiger partial charge in [-0.25, -0.2) is 0 Å². The van der Waals surface area contributed by atoms with Crippen LogP contribution < -0.4 is 5.73 Å². The molecule has 2 unspecified atom stereocenters. The molecule has 0 bridgehead atoms. The van der Waals surface area contributed by atoms with Crippen LogP contribution in [0.1, 0.15) is 112 Å². The van der Waals surface area contributed by atoms with E-state index in [9.17, 15) is 4.79 Å². The number of carbonyl (C=O) groups is 1. The van der Waals surface area contributed by atoms with Crippen LogP contribution in [-0.2, 0) is 4.79 Å². The van der Waals surface area contributed by atoms with Crippen LogP contribution in [0.3, 0.4) is 0 Å². The Balaban J connectivity index is 5.07. The van der Waals surface area contributed by atoms with E-state index in [0.717, 1.165) is 11.8 Å². The first-order valence-corrected chi connectivity index (χ1v) is 10.6. The van der Waals surface area contributed by atoms with Crippen LogP contribution >= 0.6 is 0 Å². The maximum absolute atomic E-state index is 11.6. The van der Waals surface area contributed by atoms with Crippen molar-refractivity contribution in [3.05, 3.63) is 0 Å². The molecule has 0 aliphatic heterocycles. The van der Waals surface area contributed by atoms with Gasteiger partial charge in [0.05, 0.1) is 0 Å². The van der Waals surface area contributed by atoms with Crippen LogP contribution in [-0.4, -0.2) is 5.91 Å². The monoisotopic (exact) mass is 339 g/mol. The molecule has 0 radical (unpaired) electrons. The topological polar surface area (TPSA) is 43.1 Å². The number of hydrogen-bond donors (Lipinski definition) is 1. The van der Waals surface area contributed by atoms with E-state index in [2.05, 4.69) is 41.5 Å². The Kier molecular flexibility index (Phi) is 12.5. The molecule has 2 heteroatoms. The highest BCUT2D eigenvalue weighted by Crippen LogP contribution is 2.42. The molecule has 0 aliphatic rings. The number of primary amides is 1. The molecule has 0 saturated heterocycles. The molecule has 0 heterocycles. The van der Waals surface area contributed by atoms with Gasteiger partial charge in [-0.2, -0.15) is 0 Å². The minimum Gasteiger partial charge on any atom is -0.370 e. The summed E-state index contributed by atoms with van der Waals surface area (Å²) in [7, 11) is 0. The highest BCUT2D eigenvalue weighted by Gasteiger charge is 2.33. The van der Waals surface area contributed by atoms with E-state index >= 15 is 0 Å². The fraction of sp³-hybridized carbons (Fsp3) is 0.955. The molecule has 0 aromatic rings. The zero-order chi connectivity index (χ0) is 18.6. The smallest absolute Gasteiger partial charge is 0.217 e. The molecule has 1 amide bonds. The minimum atomic E-state index is -0.145. The van der Waals surface area contributed by atoms with Crippen molar-refractivity contribution in [2.24, 2.45) is 28.9 Å². The summed E-state index contributed by atoms with van der Waals surface area (Å²) in [5, 5.41) is 0. The minimum absolute atomic E-state index is 0.0190. The fourth-order valence-electron chi connectivity index (χ4n) is 4.10. The molecule has 0 aromatic carbocycles. The fourth-order valence-corrected chi connectivity index (χ4v) is 4.10. The van der Waals surface area contributed by atoms with Crippen LogP contribution in [0, 0.1) is 23.2 Å². The van der Waals surface area contributed by atoms with Gasteiger partial charge >= 0.3 is 0 Å². The Hall–Kier alpha value is -0.530. The molecule has 2 nitrogen and oxygen atoms in total. The van der Waals surface area contributed by atoms with E-state index in [4.69, 9.17) is 5.73 Å². The normalized spacial score (nSPS) is 15.9. The van der Waals surface area contributed by atoms with Gasteiger partial charge in [-0.1, -0.05) is 92.9 Å². The molecule has 144 valence electrons. The third-order valence-electron chi connectivity index (χ3n) is 6.06. The molecule has 0 aliphatic carbocycles. The molecular formula is C22H45NO. The third-order valence-corrected chi connectivity index (χ3v) is 6.06. The van der Waals surface area contributed by atoms with Gasteiger partial charge in [-0.3, -0.25) is 4.79 Å². The van der Waals surface area contributed by atoms with Crippen molar-refractivity contribution in [3.8, 4) is 0 Å². The number of amides is 1. The van der Waals surface area contributed by atoms with E-state index in [-0.39, 0.29) is 11.3 Å². The van der Waals surface area contributed by atoms with E-state index in [0.29, 0.717) is 12.3 Å². The second-order valence-electron chi connectivity index (χ2n) is 8.63. The number of nitrogens with two attached hydrogens (primary N) is 1. The van der Waals surface area contributed by atoms with Crippen molar-refractivity contribution < 1.29 is 4.79 Å². The Morgan fingerprint density at radius 3 is 1.58 bits per heavy atom. The molecule has 0 rings (SSSR count). The van der Waals surface area contributed by atoms with Crippen molar-refractivity contribution in [1.29, 1.82) is 0 Å². The van der Waals surface area contributed by atoms with Crippen LogP contribution in [0.2, 0.25) is 0 Å². The summed E-state index contributed by atoms with van der Waals surface area (Å²) in [6.45, 7) is 13.7. The summed E-state index contributed by atoms with van der Waals surface area (Å²) < 4.78 is 0. The molecule has 2 atom stereocenters. The highest BCUT2D eigenvalue weighted by molar-refractivity contribution is 5.74. The Morgan fingerprint density at radius 1 is 0.875 bits per heavy atom. The number of carbonyl (C=O) groups excluding carboxylic acids is 1. The molecule has 0 aromatic heterocycles. The lowest BCUT2D eigenvalue weighted by molar-refractivity contribution is -0.120. The van der Waals surface area contributed by atoms with Crippen LogP contribution in [0.25, 0.3) is 0 Å². The van der Waals surface area contributed by atoms with E-state index in [1.807, 2.05) is 0 Å². The predicted octanol–water partition coefficient (Wildman–Crippen LogP) is 6.72. The zero-order valence-corrected chi connectivity index (χ0v) is 17.5. The molecule has 2 N–H and O–H groups in total. The van der Waals surface area contributed by atoms with Gasteiger partial charge in [0, 0.05) is 6.42 Å². The lowest BCUT2D eigenvalue weighted by Crippen LogP contribution is -2.32. The quantitative estimate of drug-likeness (QED) is 0.353. The number of hydrogen-bond acceptors (Lipinski definition) is 1. The lowest BCUT2D eigenvalue weighted by atomic mass is 9.67. The van der Waals surface area contributed by atoms with E-state index in [1.54, 1.807) is 0 Å². The summed E-state index contributed by atoms with van der Waals surface area (Å²) in [5.74, 6) is 2.05. The van der Waals surface area contributed by atoms with Crippen LogP contribution in [0.5, 0.6) is 0 Å². The van der Waals surface area contributed by atoms with Crippen molar-refractivity contribution in [1.82, 2.24) is 0 Å². The van der Waals surface area contributed by atoms with Gasteiger partial charge in [0.15, 0.2) is 0 Å². The van der Waals surface area contributed by atoms with Crippen molar-refractivity contribution in [3.63, 3.8) is 0 Å². The van der Waals surface area contributed by atoms with Gasteiger partial charge in [0.25, 0.3) is 0 Å². The zero-order valence-electron chi connectivity index (χ0n) is 17.5. The Morgan fingerprint density at radius 2 is 1.29 bits per heavy atom. The first-order valence-electron chi connectivity index (χ1n) is 10.6. The van der Waals surface area contributed by atoms with Crippen molar-refractivity contribution >= 4 is 5.91 Å². The van der Waals surface area contributed by atoms with Crippen LogP contribution in [0.4, 0.5) is 0 Å². The van der Waals surface area contributed by atoms with E-state index in [1.165, 1.54) is 64.2 Å². The first kappa shape index (κ1) is 23.5. The Bertz CT molecular complexity index is 306. The van der Waals surface area contributed by atoms with Gasteiger partial charge in [0.2, 0.25) is 5.91 Å². The summed E-state index contributed by atoms with van der Waals surface area (Å²) in [6, 6.07) is 0. The molecule has 0 fully saturated rings. The Labute approximate surface area is 152 Å². The van der Waals surface area contributed by atoms with Crippen molar-refractivity contribution in [2.75, 3.05) is 0 Å². The SMILES string of the molecule is CCCCC(CC)CC(CC(CC)CCCC)C(C)(C)CC(N)=O. The standard InChI is InChI=1S/C22H45NO/c1-7-11-13-18(9-3)15-20(22(5,6)17-21(23)24)16-19(10-4)14-12-8-2/h18-20H,7-17H2,1-6H3,(H2,23,24). The van der Waals surface area contributed by atoms with Gasteiger partial charge in [0.1, 0.15) is 0 Å². The largest absolute Gasteiger partial charge is 0.370 e.